The van der Waals surface area contributed by atoms with E-state index in [0.717, 1.165) is 19.3 Å². The Morgan fingerprint density at radius 2 is 2.16 bits per heavy atom. The molecule has 2 N–H and O–H groups in total. The first-order chi connectivity index (χ1) is 8.99. The fourth-order valence-electron chi connectivity index (χ4n) is 1.92. The number of hydrogen-bond donors (Lipinski definition) is 2. The van der Waals surface area contributed by atoms with Gasteiger partial charge in [0.05, 0.1) is 4.92 Å². The van der Waals surface area contributed by atoms with Gasteiger partial charge in [-0.15, -0.1) is 0 Å². The molecule has 0 aromatic heterocycles. The Kier molecular flexibility index (Phi) is 5.29. The van der Waals surface area contributed by atoms with Gasteiger partial charge in [-0.1, -0.05) is 20.3 Å². The zero-order chi connectivity index (χ0) is 14.4. The van der Waals surface area contributed by atoms with Crippen LogP contribution in [0.1, 0.15) is 43.5 Å². The molecule has 0 amide bonds. The third-order valence-electron chi connectivity index (χ3n) is 2.93. The molecule has 0 saturated carbocycles. The topological polar surface area (TPSA) is 92.5 Å². The monoisotopic (exact) mass is 266 g/mol. The third kappa shape index (κ3) is 3.94. The fraction of sp³-hybridized carbons (Fsp3) is 0.462. The summed E-state index contributed by atoms with van der Waals surface area (Å²) < 4.78 is 0. The number of carbonyl (C=O) groups is 1. The average Bonchev–Trinajstić information content (AvgIpc) is 2.37. The number of nitro benzene ring substituents is 1. The predicted octanol–water partition coefficient (Wildman–Crippen LogP) is 3.28. The quantitative estimate of drug-likeness (QED) is 0.583. The number of nitrogens with one attached hydrogen (secondary N) is 1. The van der Waals surface area contributed by atoms with Crippen LogP contribution in [0.15, 0.2) is 18.2 Å². The molecule has 6 heteroatoms. The lowest BCUT2D eigenvalue weighted by Gasteiger charge is -2.17. The lowest BCUT2D eigenvalue weighted by atomic mass is 10.1. The summed E-state index contributed by atoms with van der Waals surface area (Å²) in [5.41, 5.74) is -0.0973. The van der Waals surface area contributed by atoms with Gasteiger partial charge in [0.2, 0.25) is 0 Å². The first-order valence-electron chi connectivity index (χ1n) is 6.27. The molecule has 6 nitrogen and oxygen atoms in total. The summed E-state index contributed by atoms with van der Waals surface area (Å²) in [6, 6.07) is 4.35. The largest absolute Gasteiger partial charge is 0.477 e. The van der Waals surface area contributed by atoms with Crippen LogP contribution in [0.5, 0.6) is 0 Å². The molecule has 0 aliphatic heterocycles. The van der Waals surface area contributed by atoms with Gasteiger partial charge in [0.15, 0.2) is 0 Å². The van der Waals surface area contributed by atoms with Crippen LogP contribution < -0.4 is 5.32 Å². The van der Waals surface area contributed by atoms with Crippen molar-refractivity contribution in [1.82, 2.24) is 0 Å². The lowest BCUT2D eigenvalue weighted by Crippen LogP contribution is -2.18. The van der Waals surface area contributed by atoms with Gasteiger partial charge in [0.1, 0.15) is 5.56 Å². The predicted molar refractivity (Wildman–Crippen MR) is 72.7 cm³/mol. The Morgan fingerprint density at radius 3 is 2.63 bits per heavy atom. The van der Waals surface area contributed by atoms with Crippen LogP contribution in [0, 0.1) is 10.1 Å². The number of nitro groups is 1. The number of aromatic carboxylic acids is 1. The smallest absolute Gasteiger partial charge is 0.342 e. The number of rotatable bonds is 7. The molecule has 0 fully saturated rings. The zero-order valence-corrected chi connectivity index (χ0v) is 11.0. The van der Waals surface area contributed by atoms with Gasteiger partial charge in [0.25, 0.3) is 5.69 Å². The van der Waals surface area contributed by atoms with Crippen molar-refractivity contribution in [3.05, 3.63) is 33.9 Å². The van der Waals surface area contributed by atoms with Gasteiger partial charge in [-0.3, -0.25) is 10.1 Å². The number of carboxylic acids is 1. The van der Waals surface area contributed by atoms with Crippen LogP contribution in [0.25, 0.3) is 0 Å². The second kappa shape index (κ2) is 6.72. The van der Waals surface area contributed by atoms with E-state index < -0.39 is 10.9 Å². The molecule has 1 atom stereocenters. The zero-order valence-electron chi connectivity index (χ0n) is 11.0. The van der Waals surface area contributed by atoms with Crippen molar-refractivity contribution in [1.29, 1.82) is 0 Å². The Balaban J connectivity index is 3.01. The molecular formula is C13H18N2O4. The van der Waals surface area contributed by atoms with E-state index in [0.29, 0.717) is 5.69 Å². The van der Waals surface area contributed by atoms with Crippen LogP contribution in [-0.2, 0) is 0 Å². The molecule has 0 aliphatic rings. The molecule has 0 saturated heterocycles. The van der Waals surface area contributed by atoms with E-state index in [1.807, 2.05) is 6.92 Å². The molecule has 1 unspecified atom stereocenters. The summed E-state index contributed by atoms with van der Waals surface area (Å²) in [5.74, 6) is -1.29. The standard InChI is InChI=1S/C13H18N2O4/c1-3-5-9(4-2)14-10-6-7-11(13(16)17)12(8-10)15(18)19/h6-9,14H,3-5H2,1-2H3,(H,16,17). The Morgan fingerprint density at radius 1 is 1.47 bits per heavy atom. The number of hydrogen-bond acceptors (Lipinski definition) is 4. The number of nitrogens with zero attached hydrogens (tertiary/aromatic N) is 1. The Bertz CT molecular complexity index is 474. The minimum atomic E-state index is -1.29. The van der Waals surface area contributed by atoms with Crippen molar-refractivity contribution >= 4 is 17.3 Å². The van der Waals surface area contributed by atoms with E-state index in [-0.39, 0.29) is 17.3 Å². The lowest BCUT2D eigenvalue weighted by molar-refractivity contribution is -0.385. The van der Waals surface area contributed by atoms with Crippen LogP contribution in [0.4, 0.5) is 11.4 Å². The summed E-state index contributed by atoms with van der Waals surface area (Å²) in [4.78, 5) is 21.1. The van der Waals surface area contributed by atoms with Crippen molar-refractivity contribution in [2.24, 2.45) is 0 Å². The van der Waals surface area contributed by atoms with Gasteiger partial charge in [-0.2, -0.15) is 0 Å². The van der Waals surface area contributed by atoms with Crippen LogP contribution in [-0.4, -0.2) is 22.0 Å². The Hall–Kier alpha value is -2.11. The SMILES string of the molecule is CCCC(CC)Nc1ccc(C(=O)O)c([N+](=O)[O-])c1. The molecule has 1 rings (SSSR count). The highest BCUT2D eigenvalue weighted by Gasteiger charge is 2.20. The average molecular weight is 266 g/mol. The highest BCUT2D eigenvalue weighted by Crippen LogP contribution is 2.24. The van der Waals surface area contributed by atoms with E-state index >= 15 is 0 Å². The minimum Gasteiger partial charge on any atom is -0.477 e. The van der Waals surface area contributed by atoms with Crippen molar-refractivity contribution in [3.63, 3.8) is 0 Å². The molecule has 19 heavy (non-hydrogen) atoms. The van der Waals surface area contributed by atoms with Crippen LogP contribution in [0.2, 0.25) is 0 Å². The van der Waals surface area contributed by atoms with E-state index in [9.17, 15) is 14.9 Å². The summed E-state index contributed by atoms with van der Waals surface area (Å²) >= 11 is 0. The number of anilines is 1. The first kappa shape index (κ1) is 14.9. The summed E-state index contributed by atoms with van der Waals surface area (Å²) in [7, 11) is 0. The summed E-state index contributed by atoms with van der Waals surface area (Å²) in [6.07, 6.45) is 2.88. The summed E-state index contributed by atoms with van der Waals surface area (Å²) in [6.45, 7) is 4.10. The van der Waals surface area contributed by atoms with E-state index in [2.05, 4.69) is 12.2 Å². The third-order valence-corrected chi connectivity index (χ3v) is 2.93. The first-order valence-corrected chi connectivity index (χ1v) is 6.27. The second-order valence-electron chi connectivity index (χ2n) is 4.33. The van der Waals surface area contributed by atoms with Crippen molar-refractivity contribution < 1.29 is 14.8 Å². The van der Waals surface area contributed by atoms with Gasteiger partial charge in [-0.25, -0.2) is 4.79 Å². The van der Waals surface area contributed by atoms with Crippen molar-refractivity contribution in [2.45, 2.75) is 39.2 Å². The number of benzene rings is 1. The van der Waals surface area contributed by atoms with Gasteiger partial charge in [-0.05, 0) is 25.0 Å². The van der Waals surface area contributed by atoms with Gasteiger partial charge < -0.3 is 10.4 Å². The fourth-order valence-corrected chi connectivity index (χ4v) is 1.92. The van der Waals surface area contributed by atoms with Crippen molar-refractivity contribution in [2.75, 3.05) is 5.32 Å². The van der Waals surface area contributed by atoms with E-state index in [1.165, 1.54) is 12.1 Å². The molecule has 0 radical (unpaired) electrons. The van der Waals surface area contributed by atoms with Gasteiger partial charge in [0, 0.05) is 17.8 Å². The van der Waals surface area contributed by atoms with Crippen molar-refractivity contribution in [3.8, 4) is 0 Å². The molecular weight excluding hydrogens is 248 g/mol. The molecule has 104 valence electrons. The molecule has 0 spiro atoms. The van der Waals surface area contributed by atoms with Crippen LogP contribution >= 0.6 is 0 Å². The minimum absolute atomic E-state index is 0.236. The molecule has 1 aromatic rings. The maximum Gasteiger partial charge on any atom is 0.342 e. The maximum atomic E-state index is 10.9. The molecule has 0 bridgehead atoms. The number of carboxylic acid groups (broad SMARTS) is 1. The second-order valence-corrected chi connectivity index (χ2v) is 4.33. The summed E-state index contributed by atoms with van der Waals surface area (Å²) in [5, 5.41) is 23.0. The Labute approximate surface area is 111 Å². The molecule has 0 heterocycles. The normalized spacial score (nSPS) is 11.9. The maximum absolute atomic E-state index is 10.9. The molecule has 0 aliphatic carbocycles. The van der Waals surface area contributed by atoms with Gasteiger partial charge >= 0.3 is 5.97 Å². The van der Waals surface area contributed by atoms with E-state index in [1.54, 1.807) is 6.07 Å². The molecule has 1 aromatic carbocycles. The van der Waals surface area contributed by atoms with Crippen LogP contribution in [0.3, 0.4) is 0 Å². The van der Waals surface area contributed by atoms with E-state index in [4.69, 9.17) is 5.11 Å². The highest BCUT2D eigenvalue weighted by atomic mass is 16.6. The highest BCUT2D eigenvalue weighted by molar-refractivity contribution is 5.93.